The second-order valence-electron chi connectivity index (χ2n) is 10.0. The first kappa shape index (κ1) is 28.5. The van der Waals surface area contributed by atoms with Crippen molar-refractivity contribution in [2.24, 2.45) is 0 Å². The molecule has 3 aromatic carbocycles. The van der Waals surface area contributed by atoms with Gasteiger partial charge in [0.25, 0.3) is 5.91 Å². The molecule has 1 fully saturated rings. The van der Waals surface area contributed by atoms with E-state index in [0.717, 1.165) is 50.3 Å². The molecule has 1 aliphatic heterocycles. The van der Waals surface area contributed by atoms with Crippen molar-refractivity contribution in [1.82, 2.24) is 14.7 Å². The highest BCUT2D eigenvalue weighted by atomic mass is 19.1. The highest BCUT2D eigenvalue weighted by Crippen LogP contribution is 2.17. The molecular weight excluding hydrogens is 461 g/mol. The molecule has 1 aliphatic rings. The van der Waals surface area contributed by atoms with Crippen molar-refractivity contribution >= 4 is 5.91 Å². The summed E-state index contributed by atoms with van der Waals surface area (Å²) in [6.07, 6.45) is 0.903. The van der Waals surface area contributed by atoms with Gasteiger partial charge < -0.3 is 9.80 Å². The lowest BCUT2D eigenvalue weighted by Crippen LogP contribution is -2.54. The summed E-state index contributed by atoms with van der Waals surface area (Å²) in [6, 6.07) is 26.3. The minimum absolute atomic E-state index is 0.112. The Bertz CT molecular complexity index is 1100. The molecule has 0 unspecified atom stereocenters. The predicted molar refractivity (Wildman–Crippen MR) is 151 cm³/mol. The van der Waals surface area contributed by atoms with Crippen LogP contribution < -0.4 is 0 Å². The molecule has 198 valence electrons. The summed E-state index contributed by atoms with van der Waals surface area (Å²) in [6.45, 7) is 13.0. The van der Waals surface area contributed by atoms with Crippen LogP contribution in [0.1, 0.15) is 54.7 Å². The van der Waals surface area contributed by atoms with Crippen LogP contribution in [0.3, 0.4) is 0 Å². The lowest BCUT2D eigenvalue weighted by atomic mass is 10.0. The zero-order valence-electron chi connectivity index (χ0n) is 23.0. The van der Waals surface area contributed by atoms with Gasteiger partial charge in [-0.05, 0) is 82.1 Å². The average Bonchev–Trinajstić information content (AvgIpc) is 2.89. The monoisotopic (exact) mass is 503 g/mol. The van der Waals surface area contributed by atoms with Gasteiger partial charge in [0.2, 0.25) is 0 Å². The lowest BCUT2D eigenvalue weighted by molar-refractivity contribution is 0.0545. The number of hydrogen-bond donors (Lipinski definition) is 0. The molecule has 0 N–H and O–H groups in total. The van der Waals surface area contributed by atoms with Gasteiger partial charge in [0.1, 0.15) is 5.82 Å². The van der Waals surface area contributed by atoms with Crippen LogP contribution in [0.4, 0.5) is 4.39 Å². The summed E-state index contributed by atoms with van der Waals surface area (Å²) < 4.78 is 13.1. The molecule has 1 heterocycles. The van der Waals surface area contributed by atoms with Crippen molar-refractivity contribution in [2.45, 2.75) is 52.7 Å². The third kappa shape index (κ3) is 8.51. The minimum atomic E-state index is -0.141. The van der Waals surface area contributed by atoms with E-state index >= 15 is 0 Å². The topological polar surface area (TPSA) is 26.8 Å². The summed E-state index contributed by atoms with van der Waals surface area (Å²) in [5, 5.41) is 0. The van der Waals surface area contributed by atoms with Crippen LogP contribution >= 0.6 is 0 Å². The van der Waals surface area contributed by atoms with E-state index in [0.29, 0.717) is 12.1 Å². The van der Waals surface area contributed by atoms with Gasteiger partial charge in [0.15, 0.2) is 0 Å². The maximum absolute atomic E-state index is 13.1. The predicted octanol–water partition coefficient (Wildman–Crippen LogP) is 6.11. The van der Waals surface area contributed by atoms with Crippen molar-refractivity contribution in [2.75, 3.05) is 33.2 Å². The van der Waals surface area contributed by atoms with Gasteiger partial charge in [0, 0.05) is 50.4 Å². The van der Waals surface area contributed by atoms with Crippen LogP contribution in [-0.4, -0.2) is 65.9 Å². The largest absolute Gasteiger partial charge is 0.339 e. The Balaban J connectivity index is 0.000000208. The summed E-state index contributed by atoms with van der Waals surface area (Å²) in [4.78, 5) is 18.9. The molecule has 0 aromatic heterocycles. The van der Waals surface area contributed by atoms with Gasteiger partial charge in [-0.2, -0.15) is 0 Å². The van der Waals surface area contributed by atoms with E-state index in [2.05, 4.69) is 42.8 Å². The summed E-state index contributed by atoms with van der Waals surface area (Å²) in [5.41, 5.74) is 4.35. The van der Waals surface area contributed by atoms with Gasteiger partial charge in [-0.15, -0.1) is 0 Å². The van der Waals surface area contributed by atoms with E-state index < -0.39 is 0 Å². The molecule has 3 aromatic rings. The van der Waals surface area contributed by atoms with E-state index in [1.807, 2.05) is 67.3 Å². The molecular formula is C32H42FN3O. The third-order valence-corrected chi connectivity index (χ3v) is 7.20. The molecule has 0 spiro atoms. The Kier molecular flexibility index (Phi) is 10.8. The van der Waals surface area contributed by atoms with Gasteiger partial charge in [-0.25, -0.2) is 4.39 Å². The van der Waals surface area contributed by atoms with Gasteiger partial charge in [0.05, 0.1) is 0 Å². The molecule has 1 saturated heterocycles. The normalized spacial score (nSPS) is 18.1. The van der Waals surface area contributed by atoms with Crippen molar-refractivity contribution in [1.29, 1.82) is 0 Å². The van der Waals surface area contributed by atoms with E-state index in [1.165, 1.54) is 17.2 Å². The molecule has 0 radical (unpaired) electrons. The second-order valence-corrected chi connectivity index (χ2v) is 10.0. The first-order valence-electron chi connectivity index (χ1n) is 13.4. The van der Waals surface area contributed by atoms with Gasteiger partial charge in [-0.3, -0.25) is 9.69 Å². The fourth-order valence-corrected chi connectivity index (χ4v) is 4.75. The molecule has 37 heavy (non-hydrogen) atoms. The molecule has 5 heteroatoms. The van der Waals surface area contributed by atoms with Crippen LogP contribution in [0.25, 0.3) is 0 Å². The number of piperazine rings is 1. The van der Waals surface area contributed by atoms with E-state index in [9.17, 15) is 9.18 Å². The maximum atomic E-state index is 13.1. The molecule has 0 saturated carbocycles. The summed E-state index contributed by atoms with van der Waals surface area (Å²) in [5.74, 6) is -0.0291. The number of likely N-dealkylation sites (N-methyl/N-ethyl adjacent to an activating group) is 1. The highest BCUT2D eigenvalue weighted by Gasteiger charge is 2.26. The smallest absolute Gasteiger partial charge is 0.253 e. The number of halogens is 1. The number of amides is 1. The first-order valence-corrected chi connectivity index (χ1v) is 13.4. The Morgan fingerprint density at radius 2 is 1.46 bits per heavy atom. The third-order valence-electron chi connectivity index (χ3n) is 7.20. The number of carbonyl (C=O) groups excluding carboxylic acids is 1. The molecule has 4 rings (SSSR count). The average molecular weight is 504 g/mol. The quantitative estimate of drug-likeness (QED) is 0.389. The Morgan fingerprint density at radius 1 is 0.838 bits per heavy atom. The molecule has 0 aliphatic carbocycles. The minimum Gasteiger partial charge on any atom is -0.339 e. The maximum Gasteiger partial charge on any atom is 0.253 e. The number of nitrogens with zero attached hydrogens (tertiary/aromatic N) is 3. The summed E-state index contributed by atoms with van der Waals surface area (Å²) in [7, 11) is 2.17. The van der Waals surface area contributed by atoms with Crippen LogP contribution in [0, 0.1) is 5.82 Å². The fraction of sp³-hybridized carbons (Fsp3) is 0.406. The van der Waals surface area contributed by atoms with Crippen molar-refractivity contribution < 1.29 is 9.18 Å². The van der Waals surface area contributed by atoms with E-state index in [1.54, 1.807) is 12.1 Å². The van der Waals surface area contributed by atoms with Crippen LogP contribution in [-0.2, 0) is 13.0 Å². The Labute approximate surface area is 222 Å². The second kappa shape index (κ2) is 14.1. The SMILES string of the molecule is CCN(CC)C(=O)c1ccc(Cc2ccccc2)cc1.C[C@@H]1CN(C)[C@@H](C)CN1Cc1cccc(F)c1. The number of benzene rings is 3. The lowest BCUT2D eigenvalue weighted by Gasteiger charge is -2.42. The zero-order chi connectivity index (χ0) is 26.8. The van der Waals surface area contributed by atoms with Gasteiger partial charge >= 0.3 is 0 Å². The Morgan fingerprint density at radius 3 is 2.08 bits per heavy atom. The Hall–Kier alpha value is -3.02. The number of hydrogen-bond acceptors (Lipinski definition) is 3. The summed E-state index contributed by atoms with van der Waals surface area (Å²) >= 11 is 0. The van der Waals surface area contributed by atoms with Crippen molar-refractivity contribution in [3.05, 3.63) is 107 Å². The van der Waals surface area contributed by atoms with Crippen molar-refractivity contribution in [3.8, 4) is 0 Å². The molecule has 1 amide bonds. The van der Waals surface area contributed by atoms with Crippen LogP contribution in [0.15, 0.2) is 78.9 Å². The first-order chi connectivity index (χ1) is 17.8. The van der Waals surface area contributed by atoms with Crippen molar-refractivity contribution in [3.63, 3.8) is 0 Å². The van der Waals surface area contributed by atoms with Crippen LogP contribution in [0.2, 0.25) is 0 Å². The zero-order valence-corrected chi connectivity index (χ0v) is 23.0. The number of carbonyl (C=O) groups is 1. The molecule has 2 atom stereocenters. The van der Waals surface area contributed by atoms with Crippen LogP contribution in [0.5, 0.6) is 0 Å². The molecule has 0 bridgehead atoms. The fourth-order valence-electron chi connectivity index (χ4n) is 4.75. The molecule has 4 nitrogen and oxygen atoms in total. The standard InChI is InChI=1S/C18H21NO.C14H21FN2/c1-3-19(4-2)18(20)17-12-10-16(11-13-17)14-15-8-6-5-7-9-15;1-11-9-17(12(2)8-16(11)3)10-13-5-4-6-14(15)7-13/h5-13H,3-4,14H2,1-2H3;4-7,11-12H,8-10H2,1-3H3/t;11-,12+/m.0/s1. The van der Waals surface area contributed by atoms with E-state index in [-0.39, 0.29) is 11.7 Å². The van der Waals surface area contributed by atoms with E-state index in [4.69, 9.17) is 0 Å². The van der Waals surface area contributed by atoms with Gasteiger partial charge in [-0.1, -0.05) is 54.6 Å². The highest BCUT2D eigenvalue weighted by molar-refractivity contribution is 5.94. The number of rotatable bonds is 7.